The Morgan fingerprint density at radius 2 is 0.810 bits per heavy atom. The molecule has 0 saturated heterocycles. The van der Waals surface area contributed by atoms with Crippen LogP contribution in [-0.2, 0) is 5.60 Å². The average molecular weight is 1030 g/mol. The fourth-order valence-corrected chi connectivity index (χ4v) is 29.0. The zero-order valence-corrected chi connectivity index (χ0v) is 43.7. The number of hydrogen-bond donors (Lipinski definition) is 1. The Labute approximate surface area is 384 Å². The summed E-state index contributed by atoms with van der Waals surface area (Å²) in [6.07, 6.45) is -9.87. The molecule has 0 aliphatic rings. The van der Waals surface area contributed by atoms with Crippen LogP contribution in [0.15, 0.2) is 77.3 Å². The summed E-state index contributed by atoms with van der Waals surface area (Å²) in [6, 6.07) is 14.4. The molecule has 354 valence electrons. The first kappa shape index (κ1) is 59.9. The Hall–Kier alpha value is -3.10. The Morgan fingerprint density at radius 1 is 0.524 bits per heavy atom. The number of aliphatic hydroxyl groups is 1. The molecule has 63 heavy (non-hydrogen) atoms. The van der Waals surface area contributed by atoms with Crippen LogP contribution in [0.4, 0.5) is 46.5 Å². The summed E-state index contributed by atoms with van der Waals surface area (Å²) in [5.41, 5.74) is 2.17. The molecule has 4 nitrogen and oxygen atoms in total. The first-order valence-corrected chi connectivity index (χ1v) is 34.3. The molecule has 4 aromatic rings. The number of hydrogen-bond acceptors (Lipinski definition) is 4. The van der Waals surface area contributed by atoms with Crippen molar-refractivity contribution in [2.24, 2.45) is 0 Å². The Kier molecular flexibility index (Phi) is 20.4. The summed E-state index contributed by atoms with van der Waals surface area (Å²) in [6.45, 7) is 36.1. The molecular formula is C46H69BrF8N2O2Si4. The monoisotopic (exact) mass is 1020 g/mol. The van der Waals surface area contributed by atoms with E-state index in [1.165, 1.54) is 33.4 Å². The Bertz CT molecular complexity index is 2070. The number of benzene rings is 4. The van der Waals surface area contributed by atoms with Crippen LogP contribution in [0.5, 0.6) is 0 Å². The van der Waals surface area contributed by atoms with E-state index in [1.54, 1.807) is 13.8 Å². The number of Topliss-reactive ketones (excluding diaryl/α,β-unsaturated/α-hetero) is 1. The molecule has 0 amide bonds. The van der Waals surface area contributed by atoms with Crippen LogP contribution in [0.2, 0.25) is 78.6 Å². The van der Waals surface area contributed by atoms with Crippen molar-refractivity contribution in [2.45, 2.75) is 139 Å². The summed E-state index contributed by atoms with van der Waals surface area (Å²) in [7, 11) is -6.38. The molecule has 1 unspecified atom stereocenters. The van der Waals surface area contributed by atoms with Gasteiger partial charge in [0.2, 0.25) is 5.60 Å². The molecule has 0 spiro atoms. The van der Waals surface area contributed by atoms with Crippen molar-refractivity contribution < 1.29 is 45.0 Å². The second-order valence-corrected chi connectivity index (χ2v) is 40.2. The van der Waals surface area contributed by atoms with E-state index in [0.717, 1.165) is 54.2 Å². The molecule has 0 radical (unpaired) electrons. The van der Waals surface area contributed by atoms with E-state index >= 15 is 0 Å². The maximum absolute atomic E-state index is 14.1. The van der Waals surface area contributed by atoms with Gasteiger partial charge in [0.05, 0.1) is 0 Å². The minimum Gasteiger partial charge on any atom is -0.424 e. The predicted molar refractivity (Wildman–Crippen MR) is 264 cm³/mol. The first-order chi connectivity index (χ1) is 27.3. The van der Waals surface area contributed by atoms with Crippen LogP contribution in [0, 0.1) is 39.3 Å². The van der Waals surface area contributed by atoms with Gasteiger partial charge in [-0.15, -0.1) is 0 Å². The molecule has 0 fully saturated rings. The van der Waals surface area contributed by atoms with Crippen molar-refractivity contribution in [3.8, 4) is 0 Å². The topological polar surface area (TPSA) is 43.8 Å². The SMILES string of the molecule is C.C.Cc1cc(Br)cc(C)c1N([Si](C)(C)C)[Si](C)(C)C.Cc1cc(C(O)(c2ccc(F)cc2)C(F)(F)F)cc(C)c1N([Si](C)(C)C)[Si](C)(C)C.O=C(c1ccc(F)cc1)C(F)(F)F. The zero-order valence-electron chi connectivity index (χ0n) is 38.1. The molecule has 0 aliphatic heterocycles. The third kappa shape index (κ3) is 15.2. The lowest BCUT2D eigenvalue weighted by molar-refractivity contribution is -0.248. The predicted octanol–water partition coefficient (Wildman–Crippen LogP) is 16.1. The van der Waals surface area contributed by atoms with Crippen molar-refractivity contribution in [3.05, 3.63) is 128 Å². The van der Waals surface area contributed by atoms with Crippen molar-refractivity contribution in [1.29, 1.82) is 0 Å². The number of alkyl halides is 6. The third-order valence-electron chi connectivity index (χ3n) is 9.53. The molecule has 1 N–H and O–H groups in total. The molecule has 0 bridgehead atoms. The lowest BCUT2D eigenvalue weighted by Crippen LogP contribution is -2.60. The molecule has 17 heteroatoms. The number of carbonyl (C=O) groups is 1. The maximum atomic E-state index is 14.1. The second-order valence-electron chi connectivity index (χ2n) is 19.2. The summed E-state index contributed by atoms with van der Waals surface area (Å²) >= 11 is 3.60. The molecule has 1 atom stereocenters. The highest BCUT2D eigenvalue weighted by atomic mass is 79.9. The minimum absolute atomic E-state index is 0. The highest BCUT2D eigenvalue weighted by molar-refractivity contribution is 9.10. The van der Waals surface area contributed by atoms with E-state index in [-0.39, 0.29) is 20.4 Å². The summed E-state index contributed by atoms with van der Waals surface area (Å²) in [5, 5.41) is 10.9. The fourth-order valence-electron chi connectivity index (χ4n) is 8.08. The second kappa shape index (κ2) is 21.5. The van der Waals surface area contributed by atoms with Crippen LogP contribution in [0.25, 0.3) is 0 Å². The molecule has 0 aliphatic carbocycles. The van der Waals surface area contributed by atoms with E-state index in [9.17, 15) is 45.0 Å². The first-order valence-electron chi connectivity index (χ1n) is 19.7. The van der Waals surface area contributed by atoms with Crippen LogP contribution in [0.3, 0.4) is 0 Å². The number of nitrogens with zero attached hydrogens (tertiary/aromatic N) is 2. The Balaban J connectivity index is 0.000000992. The number of halogens is 9. The van der Waals surface area contributed by atoms with Gasteiger partial charge >= 0.3 is 12.4 Å². The minimum atomic E-state index is -4.97. The summed E-state index contributed by atoms with van der Waals surface area (Å²) < 4.78 is 110. The number of carbonyl (C=O) groups excluding carboxylic acids is 1. The van der Waals surface area contributed by atoms with Gasteiger partial charge in [0.25, 0.3) is 5.78 Å². The van der Waals surface area contributed by atoms with Crippen molar-refractivity contribution in [1.82, 2.24) is 0 Å². The zero-order chi connectivity index (χ0) is 47.6. The highest BCUT2D eigenvalue weighted by Crippen LogP contribution is 2.46. The standard InChI is InChI=1S/C22H31F4NOSi2.C14H26BrNSi2.C8H4F4O.2CH4/c1-15-13-18(14-16(2)20(15)27(29(3,4)5)30(6,7)8)21(28,22(24,25)26)17-9-11-19(23)12-10-17;1-11-9-13(15)10-12(2)14(11)16(17(3,4)5)18(6,7)8;9-6-3-1-5(2-4-6)7(13)8(10,11)12;;/h9-14,28H,1-8H3;9-10H,1-8H3;1-4H;2*1H4. The highest BCUT2D eigenvalue weighted by Gasteiger charge is 2.56. The van der Waals surface area contributed by atoms with Gasteiger partial charge < -0.3 is 13.6 Å². The fraction of sp³-hybridized carbons (Fsp3) is 0.457. The van der Waals surface area contributed by atoms with Crippen molar-refractivity contribution in [3.63, 3.8) is 0 Å². The third-order valence-corrected chi connectivity index (χ3v) is 24.3. The van der Waals surface area contributed by atoms with E-state index in [1.807, 2.05) is 0 Å². The van der Waals surface area contributed by atoms with Crippen molar-refractivity contribution >= 4 is 66.0 Å². The molecule has 4 rings (SSSR count). The van der Waals surface area contributed by atoms with Crippen LogP contribution >= 0.6 is 15.9 Å². The van der Waals surface area contributed by atoms with Gasteiger partial charge in [-0.3, -0.25) is 4.79 Å². The number of ketones is 1. The van der Waals surface area contributed by atoms with Gasteiger partial charge in [-0.1, -0.05) is 134 Å². The largest absolute Gasteiger partial charge is 0.454 e. The maximum Gasteiger partial charge on any atom is 0.454 e. The molecule has 4 aromatic carbocycles. The van der Waals surface area contributed by atoms with Crippen molar-refractivity contribution in [2.75, 3.05) is 8.46 Å². The lowest BCUT2D eigenvalue weighted by Gasteiger charge is -2.47. The van der Waals surface area contributed by atoms with Crippen LogP contribution in [-0.4, -0.2) is 56.2 Å². The summed E-state index contributed by atoms with van der Waals surface area (Å²) in [5.74, 6) is -3.31. The van der Waals surface area contributed by atoms with Crippen LogP contribution < -0.4 is 8.46 Å². The van der Waals surface area contributed by atoms with Gasteiger partial charge in [0, 0.05) is 21.4 Å². The van der Waals surface area contributed by atoms with Gasteiger partial charge in [-0.25, -0.2) is 8.78 Å². The van der Waals surface area contributed by atoms with Gasteiger partial charge in [0.15, 0.2) is 0 Å². The van der Waals surface area contributed by atoms with E-state index in [4.69, 9.17) is 0 Å². The summed E-state index contributed by atoms with van der Waals surface area (Å²) in [4.78, 5) is 10.5. The number of anilines is 2. The molecule has 0 heterocycles. The van der Waals surface area contributed by atoms with E-state index in [2.05, 4.69) is 129 Å². The van der Waals surface area contributed by atoms with E-state index < -0.39 is 79.4 Å². The number of aryl methyl sites for hydroxylation is 4. The van der Waals surface area contributed by atoms with Gasteiger partial charge in [-0.2, -0.15) is 26.3 Å². The lowest BCUT2D eigenvalue weighted by atomic mass is 9.84. The quantitative estimate of drug-likeness (QED) is 0.103. The van der Waals surface area contributed by atoms with Gasteiger partial charge in [0.1, 0.15) is 44.6 Å². The Morgan fingerprint density at radius 3 is 1.08 bits per heavy atom. The average Bonchev–Trinajstić information content (AvgIpc) is 3.05. The molecule has 0 saturated carbocycles. The molecular weight excluding hydrogens is 957 g/mol. The van der Waals surface area contributed by atoms with E-state index in [0.29, 0.717) is 11.1 Å². The smallest absolute Gasteiger partial charge is 0.424 e. The molecule has 0 aromatic heterocycles. The normalized spacial score (nSPS) is 13.2. The van der Waals surface area contributed by atoms with Gasteiger partial charge in [-0.05, 0) is 110 Å². The number of rotatable bonds is 9. The van der Waals surface area contributed by atoms with Crippen LogP contribution in [0.1, 0.15) is 58.6 Å².